The van der Waals surface area contributed by atoms with E-state index >= 15 is 0 Å². The van der Waals surface area contributed by atoms with Crippen LogP contribution in [0.5, 0.6) is 0 Å². The number of aromatic nitrogens is 1. The lowest BCUT2D eigenvalue weighted by atomic mass is 9.96. The minimum absolute atomic E-state index is 0.279. The van der Waals surface area contributed by atoms with E-state index in [4.69, 9.17) is 5.11 Å². The average Bonchev–Trinajstić information content (AvgIpc) is 2.37. The normalized spacial score (nSPS) is 11.2. The maximum absolute atomic E-state index is 10.6. The SMILES string of the molecule is CC(C)(O)c1ccc(-c2ccnc(NC(=O)O)c2)cc1. The van der Waals surface area contributed by atoms with E-state index in [0.29, 0.717) is 0 Å². The van der Waals surface area contributed by atoms with E-state index in [2.05, 4.69) is 10.3 Å². The summed E-state index contributed by atoms with van der Waals surface area (Å²) in [5.41, 5.74) is 1.71. The van der Waals surface area contributed by atoms with Crippen molar-refractivity contribution in [1.29, 1.82) is 0 Å². The second-order valence-electron chi connectivity index (χ2n) is 5.00. The standard InChI is InChI=1S/C15H16N2O3/c1-15(2,20)12-5-3-10(4-6-12)11-7-8-16-13(9-11)17-14(18)19/h3-9,20H,1-2H3,(H,16,17)(H,18,19). The Morgan fingerprint density at radius 2 is 1.80 bits per heavy atom. The molecule has 3 N–H and O–H groups in total. The average molecular weight is 272 g/mol. The third-order valence-corrected chi connectivity index (χ3v) is 2.92. The first-order valence-corrected chi connectivity index (χ1v) is 6.15. The molecule has 1 aromatic carbocycles. The number of aliphatic hydroxyl groups is 1. The summed E-state index contributed by atoms with van der Waals surface area (Å²) in [6.07, 6.45) is 0.400. The number of carbonyl (C=O) groups is 1. The van der Waals surface area contributed by atoms with Gasteiger partial charge in [0.1, 0.15) is 5.82 Å². The zero-order chi connectivity index (χ0) is 14.8. The number of amides is 1. The van der Waals surface area contributed by atoms with Crippen molar-refractivity contribution in [2.45, 2.75) is 19.4 Å². The summed E-state index contributed by atoms with van der Waals surface area (Å²) in [5.74, 6) is 0.279. The van der Waals surface area contributed by atoms with Crippen LogP contribution in [0.3, 0.4) is 0 Å². The molecule has 2 aromatic rings. The van der Waals surface area contributed by atoms with Gasteiger partial charge in [0.15, 0.2) is 0 Å². The summed E-state index contributed by atoms with van der Waals surface area (Å²) in [6.45, 7) is 3.45. The van der Waals surface area contributed by atoms with Crippen LogP contribution in [0.25, 0.3) is 11.1 Å². The second-order valence-corrected chi connectivity index (χ2v) is 5.00. The van der Waals surface area contributed by atoms with Crippen LogP contribution in [-0.2, 0) is 5.60 Å². The lowest BCUT2D eigenvalue weighted by Gasteiger charge is -2.18. The number of benzene rings is 1. The van der Waals surface area contributed by atoms with Crippen LogP contribution < -0.4 is 5.32 Å². The van der Waals surface area contributed by atoms with Crippen LogP contribution in [-0.4, -0.2) is 21.3 Å². The topological polar surface area (TPSA) is 82.5 Å². The quantitative estimate of drug-likeness (QED) is 0.802. The van der Waals surface area contributed by atoms with E-state index in [-0.39, 0.29) is 5.82 Å². The highest BCUT2D eigenvalue weighted by molar-refractivity contribution is 5.82. The van der Waals surface area contributed by atoms with Crippen molar-refractivity contribution in [2.75, 3.05) is 5.32 Å². The molecule has 5 heteroatoms. The minimum atomic E-state index is -1.15. The fraction of sp³-hybridized carbons (Fsp3) is 0.200. The van der Waals surface area contributed by atoms with Gasteiger partial charge >= 0.3 is 6.09 Å². The Morgan fingerprint density at radius 3 is 2.35 bits per heavy atom. The highest BCUT2D eigenvalue weighted by Crippen LogP contribution is 2.25. The van der Waals surface area contributed by atoms with Crippen molar-refractivity contribution in [3.8, 4) is 11.1 Å². The van der Waals surface area contributed by atoms with E-state index in [0.717, 1.165) is 16.7 Å². The smallest absolute Gasteiger partial charge is 0.410 e. The van der Waals surface area contributed by atoms with Gasteiger partial charge in [-0.1, -0.05) is 24.3 Å². The minimum Gasteiger partial charge on any atom is -0.465 e. The van der Waals surface area contributed by atoms with Gasteiger partial charge in [-0.3, -0.25) is 5.32 Å². The van der Waals surface area contributed by atoms with Crippen molar-refractivity contribution in [1.82, 2.24) is 4.98 Å². The predicted octanol–water partition coefficient (Wildman–Crippen LogP) is 3.07. The highest BCUT2D eigenvalue weighted by atomic mass is 16.4. The summed E-state index contributed by atoms with van der Waals surface area (Å²) >= 11 is 0. The van der Waals surface area contributed by atoms with E-state index in [1.165, 1.54) is 0 Å². The fourth-order valence-corrected chi connectivity index (χ4v) is 1.86. The monoisotopic (exact) mass is 272 g/mol. The zero-order valence-electron chi connectivity index (χ0n) is 11.3. The number of pyridine rings is 1. The largest absolute Gasteiger partial charge is 0.465 e. The fourth-order valence-electron chi connectivity index (χ4n) is 1.86. The molecule has 0 aliphatic carbocycles. The first kappa shape index (κ1) is 14.0. The molecule has 0 spiro atoms. The van der Waals surface area contributed by atoms with Crippen molar-refractivity contribution >= 4 is 11.9 Å². The van der Waals surface area contributed by atoms with Gasteiger partial charge in [0, 0.05) is 6.20 Å². The van der Waals surface area contributed by atoms with Gasteiger partial charge in [-0.05, 0) is 42.7 Å². The summed E-state index contributed by atoms with van der Waals surface area (Å²) in [4.78, 5) is 14.5. The van der Waals surface area contributed by atoms with Gasteiger partial charge in [0.05, 0.1) is 5.60 Å². The molecular weight excluding hydrogens is 256 g/mol. The van der Waals surface area contributed by atoms with Gasteiger partial charge in [-0.2, -0.15) is 0 Å². The molecule has 0 aliphatic rings. The van der Waals surface area contributed by atoms with Crippen LogP contribution in [0.2, 0.25) is 0 Å². The Morgan fingerprint density at radius 1 is 1.15 bits per heavy atom. The molecule has 0 saturated heterocycles. The van der Waals surface area contributed by atoms with E-state index in [1.807, 2.05) is 24.3 Å². The number of anilines is 1. The number of rotatable bonds is 3. The van der Waals surface area contributed by atoms with Gasteiger partial charge in [0.2, 0.25) is 0 Å². The van der Waals surface area contributed by atoms with Crippen molar-refractivity contribution in [3.63, 3.8) is 0 Å². The molecule has 0 radical (unpaired) electrons. The number of carboxylic acid groups (broad SMARTS) is 1. The van der Waals surface area contributed by atoms with Gasteiger partial charge in [-0.15, -0.1) is 0 Å². The van der Waals surface area contributed by atoms with Crippen LogP contribution in [0, 0.1) is 0 Å². The summed E-state index contributed by atoms with van der Waals surface area (Å²) < 4.78 is 0. The second kappa shape index (κ2) is 5.30. The number of nitrogens with one attached hydrogen (secondary N) is 1. The molecule has 2 rings (SSSR count). The molecule has 0 saturated carbocycles. The molecular formula is C15H16N2O3. The molecule has 0 aliphatic heterocycles. The molecule has 0 unspecified atom stereocenters. The van der Waals surface area contributed by atoms with Crippen LogP contribution in [0.4, 0.5) is 10.6 Å². The zero-order valence-corrected chi connectivity index (χ0v) is 11.3. The Bertz CT molecular complexity index is 616. The molecule has 1 amide bonds. The lowest BCUT2D eigenvalue weighted by Crippen LogP contribution is -2.14. The summed E-state index contributed by atoms with van der Waals surface area (Å²) in [7, 11) is 0. The maximum Gasteiger partial charge on any atom is 0.410 e. The first-order chi connectivity index (χ1) is 9.36. The van der Waals surface area contributed by atoms with Gasteiger partial charge in [0.25, 0.3) is 0 Å². The third-order valence-electron chi connectivity index (χ3n) is 2.92. The van der Waals surface area contributed by atoms with E-state index in [1.54, 1.807) is 32.2 Å². The molecule has 1 heterocycles. The summed E-state index contributed by atoms with van der Waals surface area (Å²) in [6, 6.07) is 10.9. The van der Waals surface area contributed by atoms with Crippen LogP contribution in [0.1, 0.15) is 19.4 Å². The van der Waals surface area contributed by atoms with E-state index < -0.39 is 11.7 Å². The van der Waals surface area contributed by atoms with E-state index in [9.17, 15) is 9.90 Å². The predicted molar refractivity (Wildman–Crippen MR) is 76.6 cm³/mol. The van der Waals surface area contributed by atoms with Crippen molar-refractivity contribution in [3.05, 3.63) is 48.2 Å². The molecule has 0 fully saturated rings. The van der Waals surface area contributed by atoms with Gasteiger partial charge in [-0.25, -0.2) is 9.78 Å². The molecule has 104 valence electrons. The summed E-state index contributed by atoms with van der Waals surface area (Å²) in [5, 5.41) is 20.8. The molecule has 20 heavy (non-hydrogen) atoms. The Labute approximate surface area is 116 Å². The molecule has 5 nitrogen and oxygen atoms in total. The van der Waals surface area contributed by atoms with Crippen LogP contribution in [0.15, 0.2) is 42.6 Å². The van der Waals surface area contributed by atoms with Gasteiger partial charge < -0.3 is 10.2 Å². The number of hydrogen-bond acceptors (Lipinski definition) is 3. The molecule has 0 atom stereocenters. The maximum atomic E-state index is 10.6. The van der Waals surface area contributed by atoms with Crippen molar-refractivity contribution < 1.29 is 15.0 Å². The Balaban J connectivity index is 2.30. The highest BCUT2D eigenvalue weighted by Gasteiger charge is 2.15. The molecule has 0 bridgehead atoms. The third kappa shape index (κ3) is 3.33. The Hall–Kier alpha value is -2.40. The lowest BCUT2D eigenvalue weighted by molar-refractivity contribution is 0.0786. The van der Waals surface area contributed by atoms with Crippen LogP contribution >= 0.6 is 0 Å². The first-order valence-electron chi connectivity index (χ1n) is 6.15. The Kier molecular flexibility index (Phi) is 3.72. The number of nitrogens with zero attached hydrogens (tertiary/aromatic N) is 1. The molecule has 1 aromatic heterocycles. The number of hydrogen-bond donors (Lipinski definition) is 3. The van der Waals surface area contributed by atoms with Crippen molar-refractivity contribution in [2.24, 2.45) is 0 Å².